The summed E-state index contributed by atoms with van der Waals surface area (Å²) in [6.45, 7) is 3.88. The first-order valence-corrected chi connectivity index (χ1v) is 8.75. The van der Waals surface area contributed by atoms with Gasteiger partial charge in [0, 0.05) is 13.3 Å². The molecule has 0 spiro atoms. The molecule has 1 rings (SSSR count). The summed E-state index contributed by atoms with van der Waals surface area (Å²) in [6.07, 6.45) is 16.5. The lowest BCUT2D eigenvalue weighted by molar-refractivity contribution is -0.808. The molecule has 1 aliphatic rings. The van der Waals surface area contributed by atoms with E-state index < -0.39 is 5.97 Å². The number of carbonyl (C=O) groups is 1. The highest BCUT2D eigenvalue weighted by atomic mass is 16.4. The van der Waals surface area contributed by atoms with Gasteiger partial charge in [-0.25, -0.2) is 9.48 Å². The number of carboxylic acid groups (broad SMARTS) is 1. The topological polar surface area (TPSA) is 78.5 Å². The number of hydrogen-bond acceptors (Lipinski definition) is 4. The van der Waals surface area contributed by atoms with Crippen LogP contribution in [0.15, 0.2) is 29.5 Å². The Bertz CT molecular complexity index is 455. The van der Waals surface area contributed by atoms with Crippen LogP contribution in [-0.4, -0.2) is 29.0 Å². The van der Waals surface area contributed by atoms with Crippen molar-refractivity contribution in [2.45, 2.75) is 71.4 Å². The molecule has 0 saturated carbocycles. The fourth-order valence-corrected chi connectivity index (χ4v) is 2.87. The normalized spacial score (nSPS) is 21.8. The molecule has 0 aromatic heterocycles. The van der Waals surface area contributed by atoms with Gasteiger partial charge in [0.15, 0.2) is 0 Å². The molecule has 0 saturated heterocycles. The number of allylic oxidation sites excluding steroid dienone is 2. The molecule has 23 heavy (non-hydrogen) atoms. The van der Waals surface area contributed by atoms with Crippen LogP contribution < -0.4 is 10.8 Å². The molecule has 130 valence electrons. The van der Waals surface area contributed by atoms with Crippen molar-refractivity contribution in [3.8, 4) is 0 Å². The first-order chi connectivity index (χ1) is 11.0. The summed E-state index contributed by atoms with van der Waals surface area (Å²) in [5, 5.41) is 11.1. The summed E-state index contributed by atoms with van der Waals surface area (Å²) in [4.78, 5) is 15.4. The third kappa shape index (κ3) is 6.28. The van der Waals surface area contributed by atoms with Gasteiger partial charge in [0.2, 0.25) is 5.84 Å². The standard InChI is InChI=1S/C18H31N3O2/c1-3-4-5-6-7-8-9-10-11-12-17-20-13-14-21(17,16(2)19)15-18(22)23/h7-8,13-14,16H,3-6,9-12,15,19H2,1-2H3/b8-7+. The number of aliphatic imine (C=N–C) groups is 1. The first-order valence-electron chi connectivity index (χ1n) is 8.75. The largest absolute Gasteiger partial charge is 0.544 e. The van der Waals surface area contributed by atoms with Crippen LogP contribution in [0.25, 0.3) is 0 Å². The molecule has 2 unspecified atom stereocenters. The Balaban J connectivity index is 2.35. The highest BCUT2D eigenvalue weighted by Gasteiger charge is 2.38. The molecule has 1 heterocycles. The van der Waals surface area contributed by atoms with Crippen LogP contribution in [0.5, 0.6) is 0 Å². The summed E-state index contributed by atoms with van der Waals surface area (Å²) in [5.41, 5.74) is 6.02. The highest BCUT2D eigenvalue weighted by molar-refractivity contribution is 5.81. The zero-order chi connectivity index (χ0) is 17.1. The number of carbonyl (C=O) groups excluding carboxylic acids is 1. The molecule has 0 radical (unpaired) electrons. The third-order valence-corrected chi connectivity index (χ3v) is 4.32. The maximum Gasteiger partial charge on any atom is 0.209 e. The monoisotopic (exact) mass is 321 g/mol. The Morgan fingerprint density at radius 2 is 1.96 bits per heavy atom. The van der Waals surface area contributed by atoms with E-state index in [2.05, 4.69) is 24.1 Å². The van der Waals surface area contributed by atoms with Gasteiger partial charge < -0.3 is 9.90 Å². The van der Waals surface area contributed by atoms with Crippen LogP contribution in [0.3, 0.4) is 0 Å². The van der Waals surface area contributed by atoms with E-state index >= 15 is 0 Å². The quantitative estimate of drug-likeness (QED) is 0.341. The maximum atomic E-state index is 11.1. The van der Waals surface area contributed by atoms with Crippen molar-refractivity contribution in [1.29, 1.82) is 0 Å². The SMILES string of the molecule is CCCCC/C=C/CCCCC1=NC=C[N+]1(CC(=O)[O-])C(C)N. The second-order valence-electron chi connectivity index (χ2n) is 6.26. The molecular weight excluding hydrogens is 290 g/mol. The minimum Gasteiger partial charge on any atom is -0.544 e. The summed E-state index contributed by atoms with van der Waals surface area (Å²) < 4.78 is 0.0925. The number of carboxylic acids is 1. The van der Waals surface area contributed by atoms with Crippen molar-refractivity contribution >= 4 is 11.8 Å². The number of amidine groups is 1. The number of hydrogen-bond donors (Lipinski definition) is 1. The average Bonchev–Trinajstić information content (AvgIpc) is 2.89. The fraction of sp³-hybridized carbons (Fsp3) is 0.667. The van der Waals surface area contributed by atoms with E-state index in [0.29, 0.717) is 0 Å². The minimum absolute atomic E-state index is 0.0925. The van der Waals surface area contributed by atoms with Gasteiger partial charge in [0.1, 0.15) is 18.9 Å². The predicted octanol–water partition coefficient (Wildman–Crippen LogP) is 2.44. The third-order valence-electron chi connectivity index (χ3n) is 4.32. The van der Waals surface area contributed by atoms with E-state index in [1.165, 1.54) is 25.7 Å². The molecule has 0 aromatic rings. The van der Waals surface area contributed by atoms with Gasteiger partial charge >= 0.3 is 0 Å². The summed E-state index contributed by atoms with van der Waals surface area (Å²) in [7, 11) is 0. The van der Waals surface area contributed by atoms with Gasteiger partial charge in [-0.1, -0.05) is 31.9 Å². The van der Waals surface area contributed by atoms with Crippen LogP contribution in [0, 0.1) is 0 Å². The van der Waals surface area contributed by atoms with Gasteiger partial charge in [-0.05, 0) is 32.1 Å². The van der Waals surface area contributed by atoms with Crippen molar-refractivity contribution in [2.75, 3.05) is 6.54 Å². The van der Waals surface area contributed by atoms with Crippen molar-refractivity contribution < 1.29 is 14.4 Å². The van der Waals surface area contributed by atoms with Gasteiger partial charge in [0.05, 0.1) is 12.2 Å². The number of quaternary nitrogens is 1. The van der Waals surface area contributed by atoms with Crippen LogP contribution in [0.1, 0.15) is 65.2 Å². The van der Waals surface area contributed by atoms with E-state index in [-0.39, 0.29) is 17.2 Å². The lowest BCUT2D eigenvalue weighted by Gasteiger charge is -2.36. The highest BCUT2D eigenvalue weighted by Crippen LogP contribution is 2.23. The van der Waals surface area contributed by atoms with Gasteiger partial charge in [0.25, 0.3) is 0 Å². The lowest BCUT2D eigenvalue weighted by atomic mass is 10.1. The van der Waals surface area contributed by atoms with Gasteiger partial charge in [-0.2, -0.15) is 0 Å². The number of unbranched alkanes of at least 4 members (excludes halogenated alkanes) is 5. The summed E-state index contributed by atoms with van der Waals surface area (Å²) >= 11 is 0. The lowest BCUT2D eigenvalue weighted by Crippen LogP contribution is -2.60. The predicted molar refractivity (Wildman–Crippen MR) is 92.1 cm³/mol. The zero-order valence-electron chi connectivity index (χ0n) is 14.5. The molecule has 5 heteroatoms. The Labute approximate surface area is 140 Å². The van der Waals surface area contributed by atoms with E-state index in [1.54, 1.807) is 12.4 Å². The molecule has 0 aliphatic carbocycles. The van der Waals surface area contributed by atoms with Crippen molar-refractivity contribution in [3.63, 3.8) is 0 Å². The summed E-state index contributed by atoms with van der Waals surface area (Å²) in [5.74, 6) is -0.271. The fourth-order valence-electron chi connectivity index (χ4n) is 2.87. The first kappa shape index (κ1) is 19.6. The number of nitrogens with zero attached hydrogens (tertiary/aromatic N) is 2. The molecule has 1 aliphatic heterocycles. The Morgan fingerprint density at radius 1 is 1.30 bits per heavy atom. The molecule has 0 amide bonds. The van der Waals surface area contributed by atoms with E-state index in [1.807, 2.05) is 6.92 Å². The molecule has 2 N–H and O–H groups in total. The van der Waals surface area contributed by atoms with Gasteiger partial charge in [-0.15, -0.1) is 0 Å². The van der Waals surface area contributed by atoms with Crippen molar-refractivity contribution in [2.24, 2.45) is 10.7 Å². The van der Waals surface area contributed by atoms with Crippen LogP contribution >= 0.6 is 0 Å². The second-order valence-corrected chi connectivity index (χ2v) is 6.26. The second kappa shape index (κ2) is 10.3. The van der Waals surface area contributed by atoms with Crippen LogP contribution in [0.2, 0.25) is 0 Å². The van der Waals surface area contributed by atoms with Crippen LogP contribution in [-0.2, 0) is 4.79 Å². The smallest absolute Gasteiger partial charge is 0.209 e. The van der Waals surface area contributed by atoms with Crippen molar-refractivity contribution in [3.05, 3.63) is 24.6 Å². The number of nitrogens with two attached hydrogens (primary N) is 1. The molecular formula is C18H31N3O2. The van der Waals surface area contributed by atoms with Gasteiger partial charge in [-0.3, -0.25) is 5.73 Å². The number of aliphatic carboxylic acids is 1. The van der Waals surface area contributed by atoms with Crippen LogP contribution in [0.4, 0.5) is 0 Å². The molecule has 5 nitrogen and oxygen atoms in total. The minimum atomic E-state index is -1.10. The molecule has 2 atom stereocenters. The summed E-state index contributed by atoms with van der Waals surface area (Å²) in [6, 6.07) is 0. The zero-order valence-corrected chi connectivity index (χ0v) is 14.5. The van der Waals surface area contributed by atoms with E-state index in [9.17, 15) is 9.90 Å². The average molecular weight is 321 g/mol. The van der Waals surface area contributed by atoms with E-state index in [4.69, 9.17) is 5.73 Å². The molecule has 0 aromatic carbocycles. The molecule has 0 bridgehead atoms. The van der Waals surface area contributed by atoms with E-state index in [0.717, 1.165) is 31.5 Å². The van der Waals surface area contributed by atoms with Crippen molar-refractivity contribution in [1.82, 2.24) is 0 Å². The maximum absolute atomic E-state index is 11.1. The molecule has 0 fully saturated rings. The Kier molecular flexibility index (Phi) is 8.81. The Morgan fingerprint density at radius 3 is 2.52 bits per heavy atom. The number of rotatable bonds is 12. The Hall–Kier alpha value is -1.46.